The molecule has 5 heteroatoms. The van der Waals surface area contributed by atoms with Gasteiger partial charge < -0.3 is 14.1 Å². The van der Waals surface area contributed by atoms with Crippen LogP contribution in [-0.4, -0.2) is 24.5 Å². The molecule has 0 fully saturated rings. The Morgan fingerprint density at radius 1 is 0.970 bits per heavy atom. The smallest absolute Gasteiger partial charge is 0.290 e. The van der Waals surface area contributed by atoms with E-state index < -0.39 is 6.04 Å². The molecule has 1 aliphatic heterocycles. The largest absolute Gasteiger partial charge is 0.497 e. The van der Waals surface area contributed by atoms with E-state index in [1.54, 1.807) is 12.0 Å². The van der Waals surface area contributed by atoms with E-state index in [1.807, 2.05) is 80.6 Å². The first-order valence-electron chi connectivity index (χ1n) is 11.0. The quantitative estimate of drug-likeness (QED) is 0.429. The summed E-state index contributed by atoms with van der Waals surface area (Å²) in [6, 6.07) is 20.8. The van der Waals surface area contributed by atoms with Crippen molar-refractivity contribution in [3.63, 3.8) is 0 Å². The predicted molar refractivity (Wildman–Crippen MR) is 128 cm³/mol. The summed E-state index contributed by atoms with van der Waals surface area (Å²) >= 11 is 0. The van der Waals surface area contributed by atoms with Crippen molar-refractivity contribution in [2.75, 3.05) is 13.7 Å². The monoisotopic (exact) mass is 439 g/mol. The standard InChI is InChI=1S/C28H25NO4/c1-17-15-18(2)26-22(16-17)25(30)23-24(20-7-5-4-6-8-20)29(28(31)27(23)33-26)14-13-19-9-11-21(32-3)12-10-19/h4-12,15-16,24H,13-14H2,1-3H3. The van der Waals surface area contributed by atoms with Gasteiger partial charge in [-0.1, -0.05) is 48.5 Å². The van der Waals surface area contributed by atoms with Crippen LogP contribution in [0.2, 0.25) is 0 Å². The normalized spacial score (nSPS) is 15.2. The van der Waals surface area contributed by atoms with Crippen LogP contribution >= 0.6 is 0 Å². The highest BCUT2D eigenvalue weighted by Crippen LogP contribution is 2.38. The molecule has 1 atom stereocenters. The lowest BCUT2D eigenvalue weighted by Gasteiger charge is -2.25. The molecular weight excluding hydrogens is 414 g/mol. The van der Waals surface area contributed by atoms with Gasteiger partial charge in [-0.3, -0.25) is 9.59 Å². The number of nitrogens with zero attached hydrogens (tertiary/aromatic N) is 1. The SMILES string of the molecule is COc1ccc(CCN2C(=O)c3oc4c(C)cc(C)cc4c(=O)c3C2c2ccccc2)cc1. The Balaban J connectivity index is 1.61. The highest BCUT2D eigenvalue weighted by molar-refractivity contribution is 5.99. The number of hydrogen-bond donors (Lipinski definition) is 0. The molecule has 0 saturated heterocycles. The number of carbonyl (C=O) groups is 1. The Bertz CT molecular complexity index is 1400. The minimum atomic E-state index is -0.478. The van der Waals surface area contributed by atoms with Crippen molar-refractivity contribution < 1.29 is 13.9 Å². The molecule has 4 aromatic rings. The van der Waals surface area contributed by atoms with Gasteiger partial charge >= 0.3 is 0 Å². The fourth-order valence-corrected chi connectivity index (χ4v) is 4.73. The van der Waals surface area contributed by atoms with Crippen molar-refractivity contribution in [1.82, 2.24) is 4.90 Å². The molecular formula is C28H25NO4. The average molecular weight is 440 g/mol. The van der Waals surface area contributed by atoms with E-state index in [4.69, 9.17) is 9.15 Å². The lowest BCUT2D eigenvalue weighted by Crippen LogP contribution is -2.31. The number of carbonyl (C=O) groups excluding carboxylic acids is 1. The molecule has 166 valence electrons. The molecule has 5 nitrogen and oxygen atoms in total. The van der Waals surface area contributed by atoms with Gasteiger partial charge in [0.1, 0.15) is 11.3 Å². The summed E-state index contributed by atoms with van der Waals surface area (Å²) < 4.78 is 11.4. The van der Waals surface area contributed by atoms with Crippen LogP contribution in [0.1, 0.15) is 44.4 Å². The van der Waals surface area contributed by atoms with Gasteiger partial charge in [-0.15, -0.1) is 0 Å². The first-order chi connectivity index (χ1) is 16.0. The van der Waals surface area contributed by atoms with Gasteiger partial charge in [0, 0.05) is 6.54 Å². The van der Waals surface area contributed by atoms with Crippen LogP contribution in [0.5, 0.6) is 5.75 Å². The van der Waals surface area contributed by atoms with Crippen LogP contribution < -0.4 is 10.2 Å². The first kappa shape index (κ1) is 21.0. The van der Waals surface area contributed by atoms with E-state index in [0.29, 0.717) is 29.5 Å². The van der Waals surface area contributed by atoms with Gasteiger partial charge in [-0.25, -0.2) is 0 Å². The maximum Gasteiger partial charge on any atom is 0.290 e. The van der Waals surface area contributed by atoms with Crippen molar-refractivity contribution in [1.29, 1.82) is 0 Å². The first-order valence-corrected chi connectivity index (χ1v) is 11.0. The lowest BCUT2D eigenvalue weighted by atomic mass is 9.97. The molecule has 0 radical (unpaired) electrons. The predicted octanol–water partition coefficient (Wildman–Crippen LogP) is 5.21. The number of fused-ring (bicyclic) bond motifs is 2. The second kappa shape index (κ2) is 8.24. The fraction of sp³-hybridized carbons (Fsp3) is 0.214. The summed E-state index contributed by atoms with van der Waals surface area (Å²) in [5, 5.41) is 0.525. The van der Waals surface area contributed by atoms with Crippen LogP contribution in [0.4, 0.5) is 0 Å². The topological polar surface area (TPSA) is 59.8 Å². The molecule has 1 amide bonds. The minimum Gasteiger partial charge on any atom is -0.497 e. The Kier molecular flexibility index (Phi) is 5.25. The maximum absolute atomic E-state index is 13.7. The van der Waals surface area contributed by atoms with Gasteiger partial charge in [0.2, 0.25) is 5.76 Å². The van der Waals surface area contributed by atoms with Gasteiger partial charge in [0.05, 0.1) is 24.1 Å². The Labute approximate surface area is 192 Å². The number of benzene rings is 3. The summed E-state index contributed by atoms with van der Waals surface area (Å²) in [5.41, 5.74) is 4.61. The number of aryl methyl sites for hydroxylation is 2. The number of methoxy groups -OCH3 is 1. The summed E-state index contributed by atoms with van der Waals surface area (Å²) in [6.07, 6.45) is 0.652. The average Bonchev–Trinajstić information content (AvgIpc) is 3.11. The number of hydrogen-bond acceptors (Lipinski definition) is 4. The summed E-state index contributed by atoms with van der Waals surface area (Å²) in [7, 11) is 1.64. The van der Waals surface area contributed by atoms with Gasteiger partial charge in [-0.05, 0) is 60.7 Å². The molecule has 2 heterocycles. The van der Waals surface area contributed by atoms with Gasteiger partial charge in [-0.2, -0.15) is 0 Å². The van der Waals surface area contributed by atoms with E-state index in [-0.39, 0.29) is 17.1 Å². The molecule has 1 aromatic heterocycles. The van der Waals surface area contributed by atoms with Crippen molar-refractivity contribution in [2.45, 2.75) is 26.3 Å². The molecule has 0 bridgehead atoms. The van der Waals surface area contributed by atoms with Crippen LogP contribution in [0.25, 0.3) is 11.0 Å². The molecule has 0 saturated carbocycles. The third kappa shape index (κ3) is 3.59. The van der Waals surface area contributed by atoms with Crippen LogP contribution in [-0.2, 0) is 6.42 Å². The molecule has 33 heavy (non-hydrogen) atoms. The summed E-state index contributed by atoms with van der Waals surface area (Å²) in [6.45, 7) is 4.32. The van der Waals surface area contributed by atoms with E-state index in [2.05, 4.69) is 0 Å². The van der Waals surface area contributed by atoms with Crippen LogP contribution in [0.15, 0.2) is 75.9 Å². The molecule has 1 unspecified atom stereocenters. The zero-order valence-electron chi connectivity index (χ0n) is 18.9. The van der Waals surface area contributed by atoms with Crippen LogP contribution in [0, 0.1) is 13.8 Å². The van der Waals surface area contributed by atoms with Crippen molar-refractivity contribution in [3.8, 4) is 5.75 Å². The highest BCUT2D eigenvalue weighted by Gasteiger charge is 2.42. The number of rotatable bonds is 5. The second-order valence-electron chi connectivity index (χ2n) is 8.54. The summed E-state index contributed by atoms with van der Waals surface area (Å²) in [5.74, 6) is 0.701. The van der Waals surface area contributed by atoms with Crippen molar-refractivity contribution in [3.05, 3.63) is 111 Å². The molecule has 0 spiro atoms. The lowest BCUT2D eigenvalue weighted by molar-refractivity contribution is 0.0730. The molecule has 3 aromatic carbocycles. The second-order valence-corrected chi connectivity index (χ2v) is 8.54. The van der Waals surface area contributed by atoms with E-state index in [0.717, 1.165) is 28.0 Å². The Hall–Kier alpha value is -3.86. The maximum atomic E-state index is 13.7. The van der Waals surface area contributed by atoms with E-state index in [9.17, 15) is 9.59 Å². The molecule has 0 N–H and O–H groups in total. The highest BCUT2D eigenvalue weighted by atomic mass is 16.5. The fourth-order valence-electron chi connectivity index (χ4n) is 4.73. The van der Waals surface area contributed by atoms with Gasteiger partial charge in [0.15, 0.2) is 5.43 Å². The third-order valence-electron chi connectivity index (χ3n) is 6.31. The number of ether oxygens (including phenoxy) is 1. The minimum absolute atomic E-state index is 0.132. The molecule has 0 aliphatic carbocycles. The van der Waals surface area contributed by atoms with Crippen molar-refractivity contribution >= 4 is 16.9 Å². The van der Waals surface area contributed by atoms with Gasteiger partial charge in [0.25, 0.3) is 5.91 Å². The zero-order chi connectivity index (χ0) is 23.1. The summed E-state index contributed by atoms with van der Waals surface area (Å²) in [4.78, 5) is 29.0. The Morgan fingerprint density at radius 2 is 1.70 bits per heavy atom. The van der Waals surface area contributed by atoms with Crippen molar-refractivity contribution in [2.24, 2.45) is 0 Å². The molecule has 5 rings (SSSR count). The van der Waals surface area contributed by atoms with E-state index in [1.165, 1.54) is 0 Å². The third-order valence-corrected chi connectivity index (χ3v) is 6.31. The van der Waals surface area contributed by atoms with E-state index >= 15 is 0 Å². The van der Waals surface area contributed by atoms with Crippen LogP contribution in [0.3, 0.4) is 0 Å². The number of amides is 1. The Morgan fingerprint density at radius 3 is 2.39 bits per heavy atom. The molecule has 1 aliphatic rings. The zero-order valence-corrected chi connectivity index (χ0v) is 18.9.